The average molecular weight is 255 g/mol. The van der Waals surface area contributed by atoms with Crippen molar-refractivity contribution in [2.75, 3.05) is 26.9 Å². The fourth-order valence-corrected chi connectivity index (χ4v) is 1.63. The van der Waals surface area contributed by atoms with E-state index in [1.54, 1.807) is 7.11 Å². The number of aromatic nitrogens is 2. The van der Waals surface area contributed by atoms with Crippen molar-refractivity contribution in [3.63, 3.8) is 0 Å². The van der Waals surface area contributed by atoms with Crippen LogP contribution in [0, 0.1) is 6.92 Å². The number of nitrogens with zero attached hydrogens (tertiary/aromatic N) is 2. The highest BCUT2D eigenvalue weighted by Gasteiger charge is 2.04. The molecular formula is C13H25N3O2. The lowest BCUT2D eigenvalue weighted by Crippen LogP contribution is -2.18. The quantitative estimate of drug-likeness (QED) is 0.677. The van der Waals surface area contributed by atoms with Gasteiger partial charge in [0.2, 0.25) is 0 Å². The molecule has 0 fully saturated rings. The molecular weight excluding hydrogens is 230 g/mol. The van der Waals surface area contributed by atoms with Crippen molar-refractivity contribution >= 4 is 0 Å². The normalized spacial score (nSPS) is 11.4. The van der Waals surface area contributed by atoms with Gasteiger partial charge in [0.25, 0.3) is 0 Å². The molecule has 5 heteroatoms. The van der Waals surface area contributed by atoms with Gasteiger partial charge < -0.3 is 14.8 Å². The van der Waals surface area contributed by atoms with Gasteiger partial charge in [0.15, 0.2) is 0 Å². The highest BCUT2D eigenvalue weighted by molar-refractivity contribution is 5.14. The second-order valence-corrected chi connectivity index (χ2v) is 4.59. The van der Waals surface area contributed by atoms with Crippen molar-refractivity contribution in [3.8, 4) is 0 Å². The van der Waals surface area contributed by atoms with Crippen LogP contribution in [-0.2, 0) is 22.6 Å². The van der Waals surface area contributed by atoms with Crippen LogP contribution in [0.4, 0.5) is 0 Å². The van der Waals surface area contributed by atoms with Gasteiger partial charge in [0.05, 0.1) is 31.6 Å². The van der Waals surface area contributed by atoms with Crippen molar-refractivity contribution in [2.24, 2.45) is 0 Å². The van der Waals surface area contributed by atoms with E-state index in [0.717, 1.165) is 31.9 Å². The molecule has 0 amide bonds. The molecule has 1 rings (SSSR count). The van der Waals surface area contributed by atoms with E-state index in [4.69, 9.17) is 9.47 Å². The van der Waals surface area contributed by atoms with Gasteiger partial charge >= 0.3 is 0 Å². The van der Waals surface area contributed by atoms with Crippen LogP contribution in [-0.4, -0.2) is 42.8 Å². The van der Waals surface area contributed by atoms with E-state index in [1.165, 1.54) is 5.56 Å². The lowest BCUT2D eigenvalue weighted by molar-refractivity contribution is 0.0709. The molecule has 0 aliphatic heterocycles. The van der Waals surface area contributed by atoms with E-state index >= 15 is 0 Å². The van der Waals surface area contributed by atoms with Crippen LogP contribution in [0.15, 0.2) is 6.20 Å². The van der Waals surface area contributed by atoms with Crippen molar-refractivity contribution in [2.45, 2.75) is 40.0 Å². The number of methoxy groups -OCH3 is 1. The Balaban J connectivity index is 2.33. The van der Waals surface area contributed by atoms with Crippen LogP contribution in [0.2, 0.25) is 0 Å². The second kappa shape index (κ2) is 8.24. The summed E-state index contributed by atoms with van der Waals surface area (Å²) in [5.41, 5.74) is 2.31. The Morgan fingerprint density at radius 3 is 2.83 bits per heavy atom. The number of hydrogen-bond donors (Lipinski definition) is 1. The first kappa shape index (κ1) is 15.1. The Morgan fingerprint density at radius 2 is 2.17 bits per heavy atom. The number of rotatable bonds is 9. The Labute approximate surface area is 109 Å². The van der Waals surface area contributed by atoms with Gasteiger partial charge in [0, 0.05) is 32.0 Å². The predicted octanol–water partition coefficient (Wildman–Crippen LogP) is 1.35. The van der Waals surface area contributed by atoms with E-state index in [1.807, 2.05) is 25.5 Å². The molecule has 0 aromatic carbocycles. The Morgan fingerprint density at radius 1 is 1.39 bits per heavy atom. The molecule has 104 valence electrons. The average Bonchev–Trinajstić information content (AvgIpc) is 2.65. The van der Waals surface area contributed by atoms with Gasteiger partial charge in [-0.3, -0.25) is 4.68 Å². The summed E-state index contributed by atoms with van der Waals surface area (Å²) in [4.78, 5) is 0. The number of ether oxygens (including phenoxy) is 2. The maximum atomic E-state index is 5.51. The lowest BCUT2D eigenvalue weighted by atomic mass is 10.2. The van der Waals surface area contributed by atoms with Crippen molar-refractivity contribution < 1.29 is 9.47 Å². The monoisotopic (exact) mass is 255 g/mol. The zero-order valence-electron chi connectivity index (χ0n) is 11.9. The summed E-state index contributed by atoms with van der Waals surface area (Å²) in [5, 5.41) is 7.79. The van der Waals surface area contributed by atoms with Gasteiger partial charge in [-0.05, 0) is 20.8 Å². The molecule has 0 radical (unpaired) electrons. The van der Waals surface area contributed by atoms with Gasteiger partial charge in [-0.2, -0.15) is 5.10 Å². The molecule has 0 saturated carbocycles. The summed E-state index contributed by atoms with van der Waals surface area (Å²) >= 11 is 0. The van der Waals surface area contributed by atoms with E-state index in [2.05, 4.69) is 16.6 Å². The van der Waals surface area contributed by atoms with Gasteiger partial charge in [-0.25, -0.2) is 0 Å². The van der Waals surface area contributed by atoms with Gasteiger partial charge in [-0.1, -0.05) is 0 Å². The molecule has 1 heterocycles. The number of hydrogen-bond acceptors (Lipinski definition) is 4. The Hall–Kier alpha value is -0.910. The first-order valence-electron chi connectivity index (χ1n) is 6.47. The molecule has 0 atom stereocenters. The summed E-state index contributed by atoms with van der Waals surface area (Å²) in [6.45, 7) is 10.0. The minimum Gasteiger partial charge on any atom is -0.383 e. The third-order valence-electron chi connectivity index (χ3n) is 2.62. The fourth-order valence-electron chi connectivity index (χ4n) is 1.63. The third-order valence-corrected chi connectivity index (χ3v) is 2.62. The van der Waals surface area contributed by atoms with Crippen molar-refractivity contribution in [1.29, 1.82) is 0 Å². The minimum absolute atomic E-state index is 0.275. The highest BCUT2D eigenvalue weighted by atomic mass is 16.5. The van der Waals surface area contributed by atoms with E-state index in [-0.39, 0.29) is 6.10 Å². The SMILES string of the molecule is COCCNCc1cn(CCOC(C)C)nc1C. The Bertz CT molecular complexity index is 337. The number of aryl methyl sites for hydroxylation is 1. The molecule has 0 saturated heterocycles. The summed E-state index contributed by atoms with van der Waals surface area (Å²) in [5.74, 6) is 0. The molecule has 1 N–H and O–H groups in total. The molecule has 0 bridgehead atoms. The fraction of sp³-hybridized carbons (Fsp3) is 0.769. The summed E-state index contributed by atoms with van der Waals surface area (Å²) in [6, 6.07) is 0. The summed E-state index contributed by atoms with van der Waals surface area (Å²) in [6.07, 6.45) is 2.36. The predicted molar refractivity (Wildman–Crippen MR) is 71.6 cm³/mol. The van der Waals surface area contributed by atoms with Crippen LogP contribution in [0.3, 0.4) is 0 Å². The van der Waals surface area contributed by atoms with Gasteiger partial charge in [0.1, 0.15) is 0 Å². The van der Waals surface area contributed by atoms with Gasteiger partial charge in [-0.15, -0.1) is 0 Å². The van der Waals surface area contributed by atoms with E-state index < -0.39 is 0 Å². The molecule has 0 aliphatic rings. The standard InChI is InChI=1S/C13H25N3O2/c1-11(2)18-8-6-16-10-13(12(3)15-16)9-14-5-7-17-4/h10-11,14H,5-9H2,1-4H3. The Kier molecular flexibility index (Phi) is 6.93. The molecule has 1 aromatic heterocycles. The van der Waals surface area contributed by atoms with Crippen LogP contribution in [0.5, 0.6) is 0 Å². The van der Waals surface area contributed by atoms with Crippen molar-refractivity contribution in [1.82, 2.24) is 15.1 Å². The zero-order chi connectivity index (χ0) is 13.4. The van der Waals surface area contributed by atoms with Crippen LogP contribution < -0.4 is 5.32 Å². The van der Waals surface area contributed by atoms with E-state index in [9.17, 15) is 0 Å². The van der Waals surface area contributed by atoms with Crippen molar-refractivity contribution in [3.05, 3.63) is 17.5 Å². The number of nitrogens with one attached hydrogen (secondary N) is 1. The maximum absolute atomic E-state index is 5.51. The molecule has 18 heavy (non-hydrogen) atoms. The largest absolute Gasteiger partial charge is 0.383 e. The highest BCUT2D eigenvalue weighted by Crippen LogP contribution is 2.05. The maximum Gasteiger partial charge on any atom is 0.0666 e. The van der Waals surface area contributed by atoms with Crippen LogP contribution in [0.25, 0.3) is 0 Å². The minimum atomic E-state index is 0.275. The second-order valence-electron chi connectivity index (χ2n) is 4.59. The lowest BCUT2D eigenvalue weighted by Gasteiger charge is -2.06. The third kappa shape index (κ3) is 5.62. The summed E-state index contributed by atoms with van der Waals surface area (Å²) in [7, 11) is 1.71. The first-order chi connectivity index (χ1) is 8.63. The molecule has 0 unspecified atom stereocenters. The topological polar surface area (TPSA) is 48.3 Å². The van der Waals surface area contributed by atoms with E-state index in [0.29, 0.717) is 6.61 Å². The first-order valence-corrected chi connectivity index (χ1v) is 6.47. The molecule has 5 nitrogen and oxygen atoms in total. The molecule has 1 aromatic rings. The zero-order valence-corrected chi connectivity index (χ0v) is 11.9. The summed E-state index contributed by atoms with van der Waals surface area (Å²) < 4.78 is 12.5. The smallest absolute Gasteiger partial charge is 0.0666 e. The molecule has 0 aliphatic carbocycles. The molecule has 0 spiro atoms. The van der Waals surface area contributed by atoms with Crippen LogP contribution >= 0.6 is 0 Å². The van der Waals surface area contributed by atoms with Crippen LogP contribution in [0.1, 0.15) is 25.1 Å².